The van der Waals surface area contributed by atoms with Crippen molar-refractivity contribution < 1.29 is 9.53 Å². The quantitative estimate of drug-likeness (QED) is 0.760. The summed E-state index contributed by atoms with van der Waals surface area (Å²) >= 11 is 0. The highest BCUT2D eigenvalue weighted by molar-refractivity contribution is 5.85. The fourth-order valence-corrected chi connectivity index (χ4v) is 4.27. The van der Waals surface area contributed by atoms with Gasteiger partial charge in [-0.05, 0) is 43.6 Å². The van der Waals surface area contributed by atoms with Crippen LogP contribution in [0.1, 0.15) is 37.7 Å². The van der Waals surface area contributed by atoms with E-state index in [0.717, 1.165) is 24.2 Å². The van der Waals surface area contributed by atoms with Gasteiger partial charge in [0.05, 0.1) is 0 Å². The zero-order valence-electron chi connectivity index (χ0n) is 14.7. The molecule has 1 aromatic carbocycles. The van der Waals surface area contributed by atoms with Crippen LogP contribution in [0.2, 0.25) is 0 Å². The number of para-hydroxylation sites is 1. The standard InChI is InChI=1S/C20H28N2O2.ClH/c1-2-10-24-18-9-4-3-6-16(18)13-22-20(23)17-11-14-7-5-8-15(12-17)19(14)21;/h2-4,6,9,14-15,17,19H,1,5,7-8,10-13,21H2,(H,22,23);1H. The van der Waals surface area contributed by atoms with Gasteiger partial charge in [0.2, 0.25) is 5.91 Å². The zero-order valence-corrected chi connectivity index (χ0v) is 15.5. The lowest BCUT2D eigenvalue weighted by molar-refractivity contribution is -0.128. The molecule has 4 nitrogen and oxygen atoms in total. The normalized spacial score (nSPS) is 27.7. The average Bonchev–Trinajstić information content (AvgIpc) is 2.58. The number of fused-ring (bicyclic) bond motifs is 2. The molecule has 2 unspecified atom stereocenters. The molecule has 0 saturated heterocycles. The summed E-state index contributed by atoms with van der Waals surface area (Å²) in [6, 6.07) is 8.12. The Balaban J connectivity index is 0.00000225. The molecule has 0 aromatic heterocycles. The summed E-state index contributed by atoms with van der Waals surface area (Å²) in [5, 5.41) is 3.10. The van der Waals surface area contributed by atoms with E-state index in [-0.39, 0.29) is 24.2 Å². The molecule has 0 heterocycles. The minimum absolute atomic E-state index is 0. The van der Waals surface area contributed by atoms with Crippen LogP contribution < -0.4 is 15.8 Å². The van der Waals surface area contributed by atoms with Crippen molar-refractivity contribution in [2.45, 2.75) is 44.7 Å². The molecule has 138 valence electrons. The number of nitrogens with two attached hydrogens (primary N) is 1. The lowest BCUT2D eigenvalue weighted by atomic mass is 9.65. The van der Waals surface area contributed by atoms with Crippen molar-refractivity contribution in [1.29, 1.82) is 0 Å². The second kappa shape index (κ2) is 9.25. The van der Waals surface area contributed by atoms with Crippen molar-refractivity contribution in [2.75, 3.05) is 6.61 Å². The first-order chi connectivity index (χ1) is 11.7. The first-order valence-electron chi connectivity index (χ1n) is 9.04. The summed E-state index contributed by atoms with van der Waals surface area (Å²) in [7, 11) is 0. The number of hydrogen-bond donors (Lipinski definition) is 2. The van der Waals surface area contributed by atoms with Crippen LogP contribution in [-0.2, 0) is 11.3 Å². The van der Waals surface area contributed by atoms with Gasteiger partial charge in [-0.2, -0.15) is 0 Å². The van der Waals surface area contributed by atoms with Gasteiger partial charge < -0.3 is 15.8 Å². The van der Waals surface area contributed by atoms with Gasteiger partial charge in [-0.3, -0.25) is 4.79 Å². The molecule has 3 rings (SSSR count). The molecule has 3 N–H and O–H groups in total. The van der Waals surface area contributed by atoms with Gasteiger partial charge >= 0.3 is 0 Å². The molecule has 2 saturated carbocycles. The molecular weight excluding hydrogens is 336 g/mol. The molecule has 2 fully saturated rings. The second-order valence-electron chi connectivity index (χ2n) is 7.12. The number of benzene rings is 1. The summed E-state index contributed by atoms with van der Waals surface area (Å²) in [5.74, 6) is 2.13. The fraction of sp³-hybridized carbons (Fsp3) is 0.550. The first kappa shape index (κ1) is 19.8. The maximum atomic E-state index is 12.6. The topological polar surface area (TPSA) is 64.3 Å². The molecule has 2 bridgehead atoms. The van der Waals surface area contributed by atoms with E-state index in [2.05, 4.69) is 11.9 Å². The SMILES string of the molecule is C=CCOc1ccccc1CNC(=O)C1CC2CCCC(C1)C2N.Cl. The lowest BCUT2D eigenvalue weighted by Gasteiger charge is -2.43. The Morgan fingerprint density at radius 3 is 2.64 bits per heavy atom. The minimum Gasteiger partial charge on any atom is -0.489 e. The van der Waals surface area contributed by atoms with Crippen molar-refractivity contribution in [3.63, 3.8) is 0 Å². The third kappa shape index (κ3) is 4.77. The van der Waals surface area contributed by atoms with Gasteiger partial charge in [0.15, 0.2) is 0 Å². The highest BCUT2D eigenvalue weighted by Crippen LogP contribution is 2.41. The summed E-state index contributed by atoms with van der Waals surface area (Å²) in [5.41, 5.74) is 7.32. The van der Waals surface area contributed by atoms with Crippen molar-refractivity contribution >= 4 is 18.3 Å². The predicted molar refractivity (Wildman–Crippen MR) is 103 cm³/mol. The zero-order chi connectivity index (χ0) is 16.9. The van der Waals surface area contributed by atoms with Gasteiger partial charge in [-0.1, -0.05) is 37.3 Å². The van der Waals surface area contributed by atoms with E-state index in [1.807, 2.05) is 24.3 Å². The van der Waals surface area contributed by atoms with E-state index in [0.29, 0.717) is 31.0 Å². The molecule has 2 aliphatic rings. The van der Waals surface area contributed by atoms with E-state index in [4.69, 9.17) is 10.5 Å². The largest absolute Gasteiger partial charge is 0.489 e. The minimum atomic E-state index is 0. The Hall–Kier alpha value is -1.52. The highest BCUT2D eigenvalue weighted by atomic mass is 35.5. The molecule has 1 amide bonds. The second-order valence-corrected chi connectivity index (χ2v) is 7.12. The lowest BCUT2D eigenvalue weighted by Crippen LogP contribution is -2.49. The van der Waals surface area contributed by atoms with Gasteiger partial charge in [-0.25, -0.2) is 0 Å². The number of carbonyl (C=O) groups is 1. The Labute approximate surface area is 156 Å². The molecule has 0 radical (unpaired) electrons. The Morgan fingerprint density at radius 2 is 1.96 bits per heavy atom. The summed E-state index contributed by atoms with van der Waals surface area (Å²) in [4.78, 5) is 12.6. The van der Waals surface area contributed by atoms with Gasteiger partial charge in [0.1, 0.15) is 12.4 Å². The highest BCUT2D eigenvalue weighted by Gasteiger charge is 2.40. The number of rotatable bonds is 6. The molecule has 2 aliphatic carbocycles. The number of amides is 1. The predicted octanol–water partition coefficient (Wildman–Crippen LogP) is 3.44. The van der Waals surface area contributed by atoms with Crippen LogP contribution in [0.3, 0.4) is 0 Å². The van der Waals surface area contributed by atoms with Gasteiger partial charge in [-0.15, -0.1) is 12.4 Å². The van der Waals surface area contributed by atoms with Crippen LogP contribution in [0.4, 0.5) is 0 Å². The van der Waals surface area contributed by atoms with E-state index in [9.17, 15) is 4.79 Å². The van der Waals surface area contributed by atoms with E-state index in [1.54, 1.807) is 6.08 Å². The number of carbonyl (C=O) groups excluding carboxylic acids is 1. The molecule has 2 atom stereocenters. The Kier molecular flexibility index (Phi) is 7.33. The third-order valence-corrected chi connectivity index (χ3v) is 5.57. The molecule has 0 aliphatic heterocycles. The number of ether oxygens (including phenoxy) is 1. The van der Waals surface area contributed by atoms with Crippen molar-refractivity contribution in [3.8, 4) is 5.75 Å². The van der Waals surface area contributed by atoms with Gasteiger partial charge in [0, 0.05) is 24.1 Å². The molecular formula is C20H29ClN2O2. The summed E-state index contributed by atoms with van der Waals surface area (Å²) in [6.07, 6.45) is 7.24. The third-order valence-electron chi connectivity index (χ3n) is 5.57. The van der Waals surface area contributed by atoms with Crippen LogP contribution in [0.5, 0.6) is 5.75 Å². The van der Waals surface area contributed by atoms with Crippen molar-refractivity contribution in [2.24, 2.45) is 23.5 Å². The number of nitrogens with one attached hydrogen (secondary N) is 1. The smallest absolute Gasteiger partial charge is 0.223 e. The Morgan fingerprint density at radius 1 is 1.28 bits per heavy atom. The van der Waals surface area contributed by atoms with Crippen LogP contribution in [0.25, 0.3) is 0 Å². The molecule has 0 spiro atoms. The van der Waals surface area contributed by atoms with Crippen LogP contribution in [0.15, 0.2) is 36.9 Å². The summed E-state index contributed by atoms with van der Waals surface area (Å²) in [6.45, 7) is 4.64. The van der Waals surface area contributed by atoms with Crippen LogP contribution in [-0.4, -0.2) is 18.6 Å². The number of halogens is 1. The van der Waals surface area contributed by atoms with Crippen LogP contribution >= 0.6 is 12.4 Å². The molecule has 25 heavy (non-hydrogen) atoms. The maximum Gasteiger partial charge on any atom is 0.223 e. The van der Waals surface area contributed by atoms with E-state index in [1.165, 1.54) is 19.3 Å². The van der Waals surface area contributed by atoms with E-state index >= 15 is 0 Å². The van der Waals surface area contributed by atoms with E-state index < -0.39 is 0 Å². The first-order valence-corrected chi connectivity index (χ1v) is 9.04. The molecule has 1 aromatic rings. The fourth-order valence-electron chi connectivity index (χ4n) is 4.27. The monoisotopic (exact) mass is 364 g/mol. The van der Waals surface area contributed by atoms with Crippen molar-refractivity contribution in [3.05, 3.63) is 42.5 Å². The van der Waals surface area contributed by atoms with Crippen LogP contribution in [0, 0.1) is 17.8 Å². The number of hydrogen-bond acceptors (Lipinski definition) is 3. The maximum absolute atomic E-state index is 12.6. The van der Waals surface area contributed by atoms with Gasteiger partial charge in [0.25, 0.3) is 0 Å². The summed E-state index contributed by atoms with van der Waals surface area (Å²) < 4.78 is 5.65. The van der Waals surface area contributed by atoms with Crippen molar-refractivity contribution in [1.82, 2.24) is 5.32 Å². The average molecular weight is 365 g/mol. The Bertz CT molecular complexity index is 579. The molecule has 5 heteroatoms.